The number of methoxy groups -OCH3 is 1. The highest BCUT2D eigenvalue weighted by Crippen LogP contribution is 2.32. The molecule has 0 aromatic heterocycles. The summed E-state index contributed by atoms with van der Waals surface area (Å²) in [6, 6.07) is 13.2. The van der Waals surface area contributed by atoms with Gasteiger partial charge in [-0.3, -0.25) is 9.59 Å². The van der Waals surface area contributed by atoms with E-state index in [1.54, 1.807) is 27.3 Å². The van der Waals surface area contributed by atoms with Gasteiger partial charge in [-0.15, -0.1) is 0 Å². The van der Waals surface area contributed by atoms with Crippen LogP contribution in [0.2, 0.25) is 0 Å². The second kappa shape index (κ2) is 11.7. The maximum absolute atomic E-state index is 12.4. The van der Waals surface area contributed by atoms with Crippen molar-refractivity contribution in [1.29, 1.82) is 0 Å². The molecular weight excluding hydrogens is 396 g/mol. The van der Waals surface area contributed by atoms with Crippen LogP contribution in [0.3, 0.4) is 0 Å². The van der Waals surface area contributed by atoms with Crippen molar-refractivity contribution in [1.82, 2.24) is 4.90 Å². The predicted molar refractivity (Wildman–Crippen MR) is 121 cm³/mol. The number of carbonyl (C=O) groups is 2. The van der Waals surface area contributed by atoms with E-state index in [1.165, 1.54) is 4.90 Å². The lowest BCUT2D eigenvalue weighted by atomic mass is 9.99. The Bertz CT molecular complexity index is 937. The lowest BCUT2D eigenvalue weighted by molar-refractivity contribution is -0.117. The van der Waals surface area contributed by atoms with Gasteiger partial charge in [0.15, 0.2) is 5.96 Å². The van der Waals surface area contributed by atoms with E-state index in [1.807, 2.05) is 36.4 Å². The molecule has 31 heavy (non-hydrogen) atoms. The summed E-state index contributed by atoms with van der Waals surface area (Å²) in [6.07, 6.45) is 1.40. The number of carbonyl (C=O) groups excluding carboxylic acids is 2. The summed E-state index contributed by atoms with van der Waals surface area (Å²) in [5, 5.41) is 0. The number of hydrogen-bond acceptors (Lipinski definition) is 4. The molecule has 4 N–H and O–H groups in total. The molecule has 0 heterocycles. The molecule has 166 valence electrons. The third-order valence-corrected chi connectivity index (χ3v) is 4.50. The fourth-order valence-electron chi connectivity index (χ4n) is 2.99. The molecule has 0 saturated heterocycles. The molecule has 2 amide bonds. The molecule has 8 heteroatoms. The number of rotatable bonds is 10. The highest BCUT2D eigenvalue weighted by atomic mass is 16.5. The maximum atomic E-state index is 12.4. The Labute approximate surface area is 182 Å². The Morgan fingerprint density at radius 2 is 1.84 bits per heavy atom. The lowest BCUT2D eigenvalue weighted by Crippen LogP contribution is -2.24. The van der Waals surface area contributed by atoms with Gasteiger partial charge >= 0.3 is 0 Å². The predicted octanol–water partition coefficient (Wildman–Crippen LogP) is 2.20. The minimum Gasteiger partial charge on any atom is -0.493 e. The van der Waals surface area contributed by atoms with Crippen LogP contribution in [0, 0.1) is 0 Å². The van der Waals surface area contributed by atoms with E-state index in [-0.39, 0.29) is 24.2 Å². The number of amides is 2. The quantitative estimate of drug-likeness (QED) is 0.341. The van der Waals surface area contributed by atoms with Crippen molar-refractivity contribution >= 4 is 17.8 Å². The van der Waals surface area contributed by atoms with E-state index in [0.717, 1.165) is 23.1 Å². The van der Waals surface area contributed by atoms with Gasteiger partial charge in [-0.05, 0) is 35.7 Å². The number of nitrogens with zero attached hydrogens (tertiary/aromatic N) is 2. The zero-order chi connectivity index (χ0) is 22.8. The first-order valence-corrected chi connectivity index (χ1v) is 10.0. The number of guanidine groups is 1. The van der Waals surface area contributed by atoms with Crippen LogP contribution in [0.25, 0.3) is 11.1 Å². The third-order valence-electron chi connectivity index (χ3n) is 4.50. The van der Waals surface area contributed by atoms with Crippen LogP contribution in [0.1, 0.15) is 28.8 Å². The summed E-state index contributed by atoms with van der Waals surface area (Å²) < 4.78 is 11.1. The Hall–Kier alpha value is -3.39. The standard InChI is InChI=1S/C23H30N4O4/c1-27(2)22(29)18-7-4-6-17(15-18)19-10-8-16(9-11-21(28)26-23(24)25)14-20(19)31-13-5-12-30-3/h4,6-8,10,14-15H,5,9,11-13H2,1-3H3,(H4,24,25,26,28). The molecule has 2 rings (SSSR count). The zero-order valence-electron chi connectivity index (χ0n) is 18.3. The summed E-state index contributed by atoms with van der Waals surface area (Å²) >= 11 is 0. The molecule has 0 aliphatic rings. The molecule has 2 aromatic carbocycles. The molecule has 0 saturated carbocycles. The van der Waals surface area contributed by atoms with Gasteiger partial charge in [0.25, 0.3) is 5.91 Å². The van der Waals surface area contributed by atoms with Crippen molar-refractivity contribution in [3.05, 3.63) is 53.6 Å². The molecule has 0 radical (unpaired) electrons. The van der Waals surface area contributed by atoms with Crippen LogP contribution in [-0.4, -0.2) is 57.1 Å². The molecule has 0 bridgehead atoms. The monoisotopic (exact) mass is 426 g/mol. The second-order valence-electron chi connectivity index (χ2n) is 7.24. The van der Waals surface area contributed by atoms with Gasteiger partial charge in [0.2, 0.25) is 5.91 Å². The minimum absolute atomic E-state index is 0.0701. The smallest absolute Gasteiger partial charge is 0.253 e. The first-order valence-electron chi connectivity index (χ1n) is 10.0. The third kappa shape index (κ3) is 7.42. The zero-order valence-corrected chi connectivity index (χ0v) is 18.3. The summed E-state index contributed by atoms with van der Waals surface area (Å²) in [4.78, 5) is 29.2. The van der Waals surface area contributed by atoms with Gasteiger partial charge < -0.3 is 25.8 Å². The Morgan fingerprint density at radius 3 is 2.52 bits per heavy atom. The van der Waals surface area contributed by atoms with Crippen molar-refractivity contribution in [2.75, 3.05) is 34.4 Å². The fourth-order valence-corrected chi connectivity index (χ4v) is 2.99. The van der Waals surface area contributed by atoms with Crippen molar-refractivity contribution in [3.63, 3.8) is 0 Å². The van der Waals surface area contributed by atoms with Crippen LogP contribution in [0.5, 0.6) is 5.75 Å². The molecule has 0 unspecified atom stereocenters. The number of benzene rings is 2. The first-order chi connectivity index (χ1) is 14.8. The highest BCUT2D eigenvalue weighted by molar-refractivity contribution is 5.95. The van der Waals surface area contributed by atoms with E-state index in [2.05, 4.69) is 4.99 Å². The van der Waals surface area contributed by atoms with Crippen LogP contribution < -0.4 is 16.2 Å². The van der Waals surface area contributed by atoms with E-state index in [0.29, 0.717) is 30.9 Å². The van der Waals surface area contributed by atoms with Crippen molar-refractivity contribution in [3.8, 4) is 16.9 Å². The molecular formula is C23H30N4O4. The summed E-state index contributed by atoms with van der Waals surface area (Å²) in [7, 11) is 5.09. The molecule has 0 aliphatic carbocycles. The molecule has 0 fully saturated rings. The number of nitrogens with two attached hydrogens (primary N) is 2. The number of hydrogen-bond donors (Lipinski definition) is 2. The molecule has 2 aromatic rings. The second-order valence-corrected chi connectivity index (χ2v) is 7.24. The minimum atomic E-state index is -0.374. The van der Waals surface area contributed by atoms with E-state index < -0.39 is 0 Å². The average Bonchev–Trinajstić information content (AvgIpc) is 2.74. The van der Waals surface area contributed by atoms with Crippen LogP contribution >= 0.6 is 0 Å². The van der Waals surface area contributed by atoms with Crippen molar-refractivity contribution in [2.45, 2.75) is 19.3 Å². The van der Waals surface area contributed by atoms with Gasteiger partial charge in [0.05, 0.1) is 6.61 Å². The van der Waals surface area contributed by atoms with Gasteiger partial charge in [-0.1, -0.05) is 24.3 Å². The summed E-state index contributed by atoms with van der Waals surface area (Å²) in [5.74, 6) is -0.00664. The number of aryl methyl sites for hydroxylation is 1. The summed E-state index contributed by atoms with van der Waals surface area (Å²) in [6.45, 7) is 1.07. The van der Waals surface area contributed by atoms with Gasteiger partial charge in [-0.25, -0.2) is 0 Å². The maximum Gasteiger partial charge on any atom is 0.253 e. The van der Waals surface area contributed by atoms with Gasteiger partial charge in [-0.2, -0.15) is 4.99 Å². The molecule has 0 aliphatic heterocycles. The Kier molecular flexibility index (Phi) is 9.02. The highest BCUT2D eigenvalue weighted by Gasteiger charge is 2.13. The van der Waals surface area contributed by atoms with E-state index in [9.17, 15) is 9.59 Å². The Balaban J connectivity index is 2.30. The van der Waals surface area contributed by atoms with Gasteiger partial charge in [0.1, 0.15) is 5.75 Å². The van der Waals surface area contributed by atoms with Crippen LogP contribution in [0.4, 0.5) is 0 Å². The molecule has 0 atom stereocenters. The topological polar surface area (TPSA) is 120 Å². The normalized spacial score (nSPS) is 10.4. The number of aliphatic imine (C=N–C) groups is 1. The van der Waals surface area contributed by atoms with E-state index >= 15 is 0 Å². The number of ether oxygens (including phenoxy) is 2. The SMILES string of the molecule is COCCCOc1cc(CCC(=O)N=C(N)N)ccc1-c1cccc(C(=O)N(C)C)c1. The van der Waals surface area contributed by atoms with Gasteiger partial charge in [0, 0.05) is 51.8 Å². The average molecular weight is 427 g/mol. The van der Waals surface area contributed by atoms with Crippen LogP contribution in [-0.2, 0) is 16.0 Å². The first kappa shape index (κ1) is 23.9. The largest absolute Gasteiger partial charge is 0.493 e. The molecule has 8 nitrogen and oxygen atoms in total. The Morgan fingerprint density at radius 1 is 1.06 bits per heavy atom. The van der Waals surface area contributed by atoms with E-state index in [4.69, 9.17) is 20.9 Å². The van der Waals surface area contributed by atoms with Crippen molar-refractivity contribution < 1.29 is 19.1 Å². The summed E-state index contributed by atoms with van der Waals surface area (Å²) in [5.41, 5.74) is 13.8. The molecule has 0 spiro atoms. The van der Waals surface area contributed by atoms with Crippen molar-refractivity contribution in [2.24, 2.45) is 16.5 Å². The van der Waals surface area contributed by atoms with Crippen LogP contribution in [0.15, 0.2) is 47.5 Å². The fraction of sp³-hybridized carbons (Fsp3) is 0.348. The lowest BCUT2D eigenvalue weighted by Gasteiger charge is -2.15.